The van der Waals surface area contributed by atoms with Crippen LogP contribution in [-0.4, -0.2) is 25.1 Å². The van der Waals surface area contributed by atoms with E-state index >= 15 is 0 Å². The monoisotopic (exact) mass is 378 g/mol. The molecule has 0 bridgehead atoms. The van der Waals surface area contributed by atoms with E-state index in [1.54, 1.807) is 31.4 Å². The fourth-order valence-corrected chi connectivity index (χ4v) is 3.82. The molecule has 0 spiro atoms. The van der Waals surface area contributed by atoms with E-state index in [2.05, 4.69) is 10.3 Å². The third-order valence-corrected chi connectivity index (χ3v) is 5.25. The summed E-state index contributed by atoms with van der Waals surface area (Å²) in [5.41, 5.74) is 3.77. The predicted molar refractivity (Wildman–Crippen MR) is 109 cm³/mol. The van der Waals surface area contributed by atoms with E-state index < -0.39 is 0 Å². The van der Waals surface area contributed by atoms with E-state index in [1.807, 2.05) is 12.1 Å². The summed E-state index contributed by atoms with van der Waals surface area (Å²) >= 11 is 0. The zero-order valence-corrected chi connectivity index (χ0v) is 15.9. The molecule has 6 nitrogen and oxygen atoms in total. The smallest absolute Gasteiger partial charge is 0.259 e. The minimum absolute atomic E-state index is 0.0255. The van der Waals surface area contributed by atoms with Crippen molar-refractivity contribution < 1.29 is 14.3 Å². The number of ether oxygens (including phenoxy) is 2. The van der Waals surface area contributed by atoms with Crippen LogP contribution in [0.4, 0.5) is 5.69 Å². The van der Waals surface area contributed by atoms with Crippen molar-refractivity contribution in [2.24, 2.45) is 0 Å². The number of carbonyl (C=O) groups is 1. The fourth-order valence-electron chi connectivity index (χ4n) is 3.82. The number of carbonyl (C=O) groups excluding carboxylic acids is 1. The molecule has 1 aliphatic rings. The number of hydrogen-bond donors (Lipinski definition) is 2. The topological polar surface area (TPSA) is 80.4 Å². The number of aryl methyl sites for hydroxylation is 1. The van der Waals surface area contributed by atoms with Gasteiger partial charge in [0.1, 0.15) is 11.5 Å². The van der Waals surface area contributed by atoms with Crippen molar-refractivity contribution in [2.45, 2.75) is 25.7 Å². The van der Waals surface area contributed by atoms with Gasteiger partial charge in [-0.15, -0.1) is 0 Å². The molecule has 0 unspecified atom stereocenters. The Kier molecular flexibility index (Phi) is 4.77. The molecule has 1 aromatic heterocycles. The van der Waals surface area contributed by atoms with Crippen molar-refractivity contribution in [3.8, 4) is 11.5 Å². The van der Waals surface area contributed by atoms with Crippen LogP contribution in [0.3, 0.4) is 0 Å². The van der Waals surface area contributed by atoms with E-state index in [9.17, 15) is 9.59 Å². The van der Waals surface area contributed by atoms with Gasteiger partial charge >= 0.3 is 0 Å². The number of fused-ring (bicyclic) bond motifs is 3. The summed E-state index contributed by atoms with van der Waals surface area (Å²) in [7, 11) is 3.07. The van der Waals surface area contributed by atoms with Crippen LogP contribution in [0, 0.1) is 0 Å². The molecule has 2 aromatic carbocycles. The molecule has 1 amide bonds. The average Bonchev–Trinajstić information content (AvgIpc) is 2.73. The highest BCUT2D eigenvalue weighted by Crippen LogP contribution is 2.28. The molecule has 0 saturated carbocycles. The van der Waals surface area contributed by atoms with Crippen LogP contribution in [0.1, 0.15) is 34.3 Å². The van der Waals surface area contributed by atoms with Gasteiger partial charge in [0.15, 0.2) is 0 Å². The number of rotatable bonds is 4. The van der Waals surface area contributed by atoms with Crippen LogP contribution in [0.5, 0.6) is 11.5 Å². The largest absolute Gasteiger partial charge is 0.497 e. The number of aromatic amines is 1. The van der Waals surface area contributed by atoms with Gasteiger partial charge in [-0.05, 0) is 55.5 Å². The fraction of sp³-hybridized carbons (Fsp3) is 0.273. The Labute approximate surface area is 162 Å². The van der Waals surface area contributed by atoms with Crippen LogP contribution in [0.2, 0.25) is 0 Å². The Morgan fingerprint density at radius 3 is 2.54 bits per heavy atom. The maximum atomic E-state index is 12.7. The molecule has 1 heterocycles. The molecule has 4 rings (SSSR count). The lowest BCUT2D eigenvalue weighted by Gasteiger charge is -2.17. The summed E-state index contributed by atoms with van der Waals surface area (Å²) in [4.78, 5) is 28.1. The van der Waals surface area contributed by atoms with Crippen LogP contribution in [-0.2, 0) is 12.8 Å². The van der Waals surface area contributed by atoms with Gasteiger partial charge in [0.2, 0.25) is 0 Å². The maximum absolute atomic E-state index is 12.7. The Morgan fingerprint density at radius 1 is 1.00 bits per heavy atom. The third-order valence-electron chi connectivity index (χ3n) is 5.25. The number of hydrogen-bond acceptors (Lipinski definition) is 4. The van der Waals surface area contributed by atoms with Gasteiger partial charge in [0.05, 0.1) is 25.3 Å². The normalized spacial score (nSPS) is 13.1. The Balaban J connectivity index is 1.67. The summed E-state index contributed by atoms with van der Waals surface area (Å²) in [6.07, 6.45) is 3.90. The van der Waals surface area contributed by atoms with E-state index in [0.717, 1.165) is 47.7 Å². The summed E-state index contributed by atoms with van der Waals surface area (Å²) in [6.45, 7) is 0. The number of methoxy groups -OCH3 is 2. The lowest BCUT2D eigenvalue weighted by molar-refractivity contribution is 0.102. The molecule has 0 fully saturated rings. The van der Waals surface area contributed by atoms with Gasteiger partial charge in [-0.3, -0.25) is 9.59 Å². The standard InChI is InChI=1S/C22H22N2O4/c1-27-14-8-10-18(20(12-14)28-2)22(26)23-13-7-9-16-15-5-3-4-6-17(15)21(25)24-19(16)11-13/h7-12H,3-6H2,1-2H3,(H,23,26)(H,24,25). The zero-order valence-electron chi connectivity index (χ0n) is 15.9. The quantitative estimate of drug-likeness (QED) is 0.726. The molecular formula is C22H22N2O4. The predicted octanol–water partition coefficient (Wildman–Crippen LogP) is 3.68. The Morgan fingerprint density at radius 2 is 1.79 bits per heavy atom. The van der Waals surface area contributed by atoms with Crippen molar-refractivity contribution in [3.63, 3.8) is 0 Å². The lowest BCUT2D eigenvalue weighted by Crippen LogP contribution is -2.19. The molecule has 3 aromatic rings. The highest BCUT2D eigenvalue weighted by Gasteiger charge is 2.17. The maximum Gasteiger partial charge on any atom is 0.259 e. The molecule has 6 heteroatoms. The van der Waals surface area contributed by atoms with Crippen molar-refractivity contribution in [2.75, 3.05) is 19.5 Å². The third kappa shape index (κ3) is 3.22. The minimum Gasteiger partial charge on any atom is -0.497 e. The van der Waals surface area contributed by atoms with Gasteiger partial charge in [0, 0.05) is 22.7 Å². The molecule has 0 aliphatic heterocycles. The number of benzene rings is 2. The second-order valence-electron chi connectivity index (χ2n) is 6.90. The number of aromatic nitrogens is 1. The number of amides is 1. The van der Waals surface area contributed by atoms with Crippen LogP contribution in [0.15, 0.2) is 41.2 Å². The molecule has 0 radical (unpaired) electrons. The highest BCUT2D eigenvalue weighted by molar-refractivity contribution is 6.07. The van der Waals surface area contributed by atoms with Gasteiger partial charge in [-0.25, -0.2) is 0 Å². The SMILES string of the molecule is COc1ccc(C(=O)Nc2ccc3c4c(c(=O)[nH]c3c2)CCCC4)c(OC)c1. The lowest BCUT2D eigenvalue weighted by atomic mass is 9.90. The van der Waals surface area contributed by atoms with Crippen LogP contribution in [0.25, 0.3) is 10.9 Å². The number of H-pyrrole nitrogens is 1. The molecule has 0 atom stereocenters. The van der Waals surface area contributed by atoms with Crippen molar-refractivity contribution in [3.05, 3.63) is 63.4 Å². The molecule has 1 aliphatic carbocycles. The summed E-state index contributed by atoms with van der Waals surface area (Å²) in [5, 5.41) is 3.93. The van der Waals surface area contributed by atoms with Gasteiger partial charge in [-0.1, -0.05) is 6.07 Å². The first-order valence-corrected chi connectivity index (χ1v) is 9.32. The van der Waals surface area contributed by atoms with Crippen LogP contribution < -0.4 is 20.3 Å². The summed E-state index contributed by atoms with van der Waals surface area (Å²) in [6, 6.07) is 10.7. The van der Waals surface area contributed by atoms with Crippen molar-refractivity contribution in [1.82, 2.24) is 4.98 Å². The second kappa shape index (κ2) is 7.38. The molecule has 2 N–H and O–H groups in total. The van der Waals surface area contributed by atoms with Gasteiger partial charge < -0.3 is 19.8 Å². The Bertz CT molecular complexity index is 1120. The number of nitrogens with one attached hydrogen (secondary N) is 2. The summed E-state index contributed by atoms with van der Waals surface area (Å²) in [5.74, 6) is 0.751. The molecule has 28 heavy (non-hydrogen) atoms. The second-order valence-corrected chi connectivity index (χ2v) is 6.90. The number of pyridine rings is 1. The van der Waals surface area contributed by atoms with E-state index in [4.69, 9.17) is 9.47 Å². The van der Waals surface area contributed by atoms with Crippen LogP contribution >= 0.6 is 0 Å². The first kappa shape index (κ1) is 18.1. The minimum atomic E-state index is -0.292. The van der Waals surface area contributed by atoms with Gasteiger partial charge in [-0.2, -0.15) is 0 Å². The highest BCUT2D eigenvalue weighted by atomic mass is 16.5. The van der Waals surface area contributed by atoms with Crippen molar-refractivity contribution >= 4 is 22.5 Å². The van der Waals surface area contributed by atoms with E-state index in [-0.39, 0.29) is 11.5 Å². The van der Waals surface area contributed by atoms with Gasteiger partial charge in [0.25, 0.3) is 11.5 Å². The zero-order chi connectivity index (χ0) is 19.7. The molecule has 0 saturated heterocycles. The Hall–Kier alpha value is -3.28. The number of anilines is 1. The molecular weight excluding hydrogens is 356 g/mol. The molecule has 144 valence electrons. The van der Waals surface area contributed by atoms with E-state index in [0.29, 0.717) is 22.7 Å². The first-order chi connectivity index (χ1) is 13.6. The van der Waals surface area contributed by atoms with E-state index in [1.165, 1.54) is 7.11 Å². The summed E-state index contributed by atoms with van der Waals surface area (Å²) < 4.78 is 10.5. The average molecular weight is 378 g/mol. The first-order valence-electron chi connectivity index (χ1n) is 9.32. The van der Waals surface area contributed by atoms with Crippen molar-refractivity contribution in [1.29, 1.82) is 0 Å².